The number of benzene rings is 1. The number of rotatable bonds is 3. The molecule has 0 spiro atoms. The number of aliphatic carboxylic acids is 1. The van der Waals surface area contributed by atoms with Crippen LogP contribution in [0.1, 0.15) is 12.8 Å². The van der Waals surface area contributed by atoms with Crippen molar-refractivity contribution in [2.75, 3.05) is 6.54 Å². The molecule has 0 amide bonds. The molecule has 1 aliphatic heterocycles. The molecule has 0 aromatic heterocycles. The number of halogens is 1. The molecule has 0 bridgehead atoms. The standard InChI is InChI=1S/C11H12ClNO4S/c12-8-4-1-2-6-10(8)18(16,17)13-7-3-5-9(13)11(14)15/h1-2,4,6,9H,3,5,7H2,(H,14,15)/p-1/t9-/m0/s1. The molecule has 1 fully saturated rings. The van der Waals surface area contributed by atoms with Gasteiger partial charge in [0, 0.05) is 6.54 Å². The first kappa shape index (κ1) is 13.3. The Morgan fingerprint density at radius 3 is 2.67 bits per heavy atom. The second-order valence-electron chi connectivity index (χ2n) is 4.02. The van der Waals surface area contributed by atoms with Crippen molar-refractivity contribution in [2.24, 2.45) is 0 Å². The molecule has 1 atom stereocenters. The van der Waals surface area contributed by atoms with Gasteiger partial charge in [0.15, 0.2) is 0 Å². The van der Waals surface area contributed by atoms with Gasteiger partial charge in [0.25, 0.3) is 0 Å². The van der Waals surface area contributed by atoms with Gasteiger partial charge in [0.05, 0.1) is 17.0 Å². The van der Waals surface area contributed by atoms with Gasteiger partial charge in [-0.25, -0.2) is 8.42 Å². The zero-order valence-electron chi connectivity index (χ0n) is 9.37. The molecule has 98 valence electrons. The molecule has 0 N–H and O–H groups in total. The second kappa shape index (κ2) is 4.87. The van der Waals surface area contributed by atoms with Crippen molar-refractivity contribution in [1.82, 2.24) is 4.31 Å². The third-order valence-corrected chi connectivity index (χ3v) is 5.31. The highest BCUT2D eigenvalue weighted by Gasteiger charge is 2.36. The zero-order chi connectivity index (χ0) is 13.3. The van der Waals surface area contributed by atoms with Gasteiger partial charge in [0.1, 0.15) is 4.90 Å². The Bertz CT molecular complexity index is 572. The molecule has 2 rings (SSSR count). The Labute approximate surface area is 110 Å². The first-order valence-corrected chi connectivity index (χ1v) is 7.23. The van der Waals surface area contributed by atoms with E-state index in [1.54, 1.807) is 12.1 Å². The lowest BCUT2D eigenvalue weighted by Gasteiger charge is -2.24. The van der Waals surface area contributed by atoms with Crippen LogP contribution in [-0.2, 0) is 14.8 Å². The number of sulfonamides is 1. The SMILES string of the molecule is O=C([O-])[C@@H]1CCCN1S(=O)(=O)c1ccccc1Cl. The first-order chi connectivity index (χ1) is 8.44. The molecule has 0 unspecified atom stereocenters. The van der Waals surface area contributed by atoms with Gasteiger partial charge in [-0.1, -0.05) is 23.7 Å². The highest BCUT2D eigenvalue weighted by atomic mass is 35.5. The van der Waals surface area contributed by atoms with Gasteiger partial charge in [-0.2, -0.15) is 4.31 Å². The van der Waals surface area contributed by atoms with Crippen molar-refractivity contribution < 1.29 is 18.3 Å². The monoisotopic (exact) mass is 288 g/mol. The number of hydrogen-bond donors (Lipinski definition) is 0. The molecule has 1 aromatic rings. The largest absolute Gasteiger partial charge is 0.548 e. The summed E-state index contributed by atoms with van der Waals surface area (Å²) in [5, 5.41) is 11.0. The first-order valence-electron chi connectivity index (χ1n) is 5.42. The van der Waals surface area contributed by atoms with Gasteiger partial charge in [-0.05, 0) is 25.0 Å². The summed E-state index contributed by atoms with van der Waals surface area (Å²) in [6.07, 6.45) is 0.772. The van der Waals surface area contributed by atoms with Crippen LogP contribution in [-0.4, -0.2) is 31.3 Å². The maximum Gasteiger partial charge on any atom is 0.245 e. The molecule has 0 radical (unpaired) electrons. The summed E-state index contributed by atoms with van der Waals surface area (Å²) < 4.78 is 25.6. The number of nitrogens with zero attached hydrogens (tertiary/aromatic N) is 1. The summed E-state index contributed by atoms with van der Waals surface area (Å²) in [5.74, 6) is -1.37. The molecule has 0 saturated carbocycles. The van der Waals surface area contributed by atoms with Gasteiger partial charge in [-0.3, -0.25) is 0 Å². The Hall–Kier alpha value is -1.11. The quantitative estimate of drug-likeness (QED) is 0.798. The summed E-state index contributed by atoms with van der Waals surface area (Å²) in [5.41, 5.74) is 0. The van der Waals surface area contributed by atoms with Crippen LogP contribution in [0.5, 0.6) is 0 Å². The predicted octanol–water partition coefficient (Wildman–Crippen LogP) is 0.243. The fraction of sp³-hybridized carbons (Fsp3) is 0.364. The minimum atomic E-state index is -3.88. The zero-order valence-corrected chi connectivity index (χ0v) is 10.9. The molecule has 1 aromatic carbocycles. The number of carboxylic acid groups (broad SMARTS) is 1. The fourth-order valence-electron chi connectivity index (χ4n) is 2.04. The third kappa shape index (κ3) is 2.23. The van der Waals surface area contributed by atoms with Gasteiger partial charge in [0.2, 0.25) is 10.0 Å². The lowest BCUT2D eigenvalue weighted by Crippen LogP contribution is -2.46. The van der Waals surface area contributed by atoms with E-state index in [0.717, 1.165) is 4.31 Å². The van der Waals surface area contributed by atoms with Crippen molar-refractivity contribution in [2.45, 2.75) is 23.8 Å². The Kier molecular flexibility index (Phi) is 3.61. The minimum Gasteiger partial charge on any atom is -0.548 e. The molecule has 1 saturated heterocycles. The Balaban J connectivity index is 2.43. The maximum atomic E-state index is 12.3. The summed E-state index contributed by atoms with van der Waals surface area (Å²) in [6.45, 7) is 0.173. The van der Waals surface area contributed by atoms with Gasteiger partial charge in [-0.15, -0.1) is 0 Å². The van der Waals surface area contributed by atoms with Gasteiger partial charge >= 0.3 is 0 Å². The number of carbonyl (C=O) groups excluding carboxylic acids is 1. The third-order valence-electron chi connectivity index (χ3n) is 2.90. The van der Waals surface area contributed by atoms with E-state index in [1.807, 2.05) is 0 Å². The van der Waals surface area contributed by atoms with E-state index in [1.165, 1.54) is 12.1 Å². The lowest BCUT2D eigenvalue weighted by atomic mass is 10.2. The van der Waals surface area contributed by atoms with Crippen molar-refractivity contribution in [3.05, 3.63) is 29.3 Å². The van der Waals surface area contributed by atoms with Crippen LogP contribution in [0.15, 0.2) is 29.2 Å². The molecular weight excluding hydrogens is 278 g/mol. The summed E-state index contributed by atoms with van der Waals surface area (Å²) in [7, 11) is -3.88. The summed E-state index contributed by atoms with van der Waals surface area (Å²) in [4.78, 5) is 10.9. The number of carboxylic acids is 1. The van der Waals surface area contributed by atoms with E-state index in [0.29, 0.717) is 6.42 Å². The van der Waals surface area contributed by atoms with Crippen LogP contribution in [0, 0.1) is 0 Å². The van der Waals surface area contributed by atoms with E-state index in [4.69, 9.17) is 11.6 Å². The molecule has 1 aliphatic rings. The lowest BCUT2D eigenvalue weighted by molar-refractivity contribution is -0.309. The number of carbonyl (C=O) groups is 1. The van der Waals surface area contributed by atoms with E-state index in [-0.39, 0.29) is 22.9 Å². The molecule has 5 nitrogen and oxygen atoms in total. The van der Waals surface area contributed by atoms with Crippen LogP contribution < -0.4 is 5.11 Å². The van der Waals surface area contributed by atoms with Crippen molar-refractivity contribution in [3.8, 4) is 0 Å². The summed E-state index contributed by atoms with van der Waals surface area (Å²) in [6, 6.07) is 4.87. The Morgan fingerprint density at radius 1 is 1.39 bits per heavy atom. The van der Waals surface area contributed by atoms with Gasteiger partial charge < -0.3 is 9.90 Å². The van der Waals surface area contributed by atoms with E-state index in [2.05, 4.69) is 0 Å². The van der Waals surface area contributed by atoms with Crippen LogP contribution >= 0.6 is 11.6 Å². The molecule has 1 heterocycles. The van der Waals surface area contributed by atoms with Crippen LogP contribution in [0.25, 0.3) is 0 Å². The van der Waals surface area contributed by atoms with E-state index in [9.17, 15) is 18.3 Å². The average Bonchev–Trinajstić information content (AvgIpc) is 2.78. The van der Waals surface area contributed by atoms with Crippen LogP contribution in [0.4, 0.5) is 0 Å². The summed E-state index contributed by atoms with van der Waals surface area (Å²) >= 11 is 5.85. The van der Waals surface area contributed by atoms with E-state index < -0.39 is 22.0 Å². The smallest absolute Gasteiger partial charge is 0.245 e. The highest BCUT2D eigenvalue weighted by Crippen LogP contribution is 2.29. The second-order valence-corrected chi connectivity index (χ2v) is 6.29. The predicted molar refractivity (Wildman–Crippen MR) is 63.4 cm³/mol. The molecular formula is C11H11ClNO4S-. The average molecular weight is 289 g/mol. The minimum absolute atomic E-state index is 0.0696. The number of hydrogen-bond acceptors (Lipinski definition) is 4. The van der Waals surface area contributed by atoms with Crippen LogP contribution in [0.3, 0.4) is 0 Å². The normalized spacial score (nSPS) is 21.1. The molecule has 18 heavy (non-hydrogen) atoms. The van der Waals surface area contributed by atoms with E-state index >= 15 is 0 Å². The van der Waals surface area contributed by atoms with Crippen molar-refractivity contribution >= 4 is 27.6 Å². The van der Waals surface area contributed by atoms with Crippen LogP contribution in [0.2, 0.25) is 5.02 Å². The molecule has 0 aliphatic carbocycles. The van der Waals surface area contributed by atoms with Crippen molar-refractivity contribution in [1.29, 1.82) is 0 Å². The Morgan fingerprint density at radius 2 is 2.06 bits per heavy atom. The topological polar surface area (TPSA) is 77.5 Å². The van der Waals surface area contributed by atoms with Crippen molar-refractivity contribution in [3.63, 3.8) is 0 Å². The fourth-order valence-corrected chi connectivity index (χ4v) is 4.19. The molecule has 7 heteroatoms. The highest BCUT2D eigenvalue weighted by molar-refractivity contribution is 7.89. The maximum absolute atomic E-state index is 12.3.